The number of anilines is 1. The smallest absolute Gasteiger partial charge is 0.226 e. The van der Waals surface area contributed by atoms with E-state index in [-0.39, 0.29) is 11.7 Å². The molecule has 28 heavy (non-hydrogen) atoms. The minimum Gasteiger partial charge on any atom is -0.493 e. The Morgan fingerprint density at radius 2 is 1.79 bits per heavy atom. The fraction of sp³-hybridized carbons (Fsp3) is 0.238. The summed E-state index contributed by atoms with van der Waals surface area (Å²) in [6.07, 6.45) is 3.31. The highest BCUT2D eigenvalue weighted by Gasteiger charge is 2.10. The van der Waals surface area contributed by atoms with Gasteiger partial charge in [0.05, 0.1) is 14.2 Å². The SMILES string of the molecule is COc1ccc(CCC(=O)Nc2ncc(Cc3ccc(F)cc3)s2)cc1OC. The lowest BCUT2D eigenvalue weighted by atomic mass is 10.1. The highest BCUT2D eigenvalue weighted by atomic mass is 32.1. The van der Waals surface area contributed by atoms with Gasteiger partial charge in [0.15, 0.2) is 16.6 Å². The van der Waals surface area contributed by atoms with Crippen LogP contribution in [0.25, 0.3) is 0 Å². The van der Waals surface area contributed by atoms with Crippen molar-refractivity contribution in [2.75, 3.05) is 19.5 Å². The van der Waals surface area contributed by atoms with Crippen LogP contribution in [-0.2, 0) is 17.6 Å². The number of thiazole rings is 1. The van der Waals surface area contributed by atoms with Crippen molar-refractivity contribution < 1.29 is 18.7 Å². The summed E-state index contributed by atoms with van der Waals surface area (Å²) in [7, 11) is 3.17. The molecule has 1 amide bonds. The molecule has 3 rings (SSSR count). The zero-order valence-electron chi connectivity index (χ0n) is 15.7. The van der Waals surface area contributed by atoms with E-state index in [0.29, 0.717) is 35.9 Å². The molecule has 3 aromatic rings. The number of ether oxygens (including phenoxy) is 2. The summed E-state index contributed by atoms with van der Waals surface area (Å²) < 4.78 is 23.5. The van der Waals surface area contributed by atoms with Gasteiger partial charge in [0.2, 0.25) is 5.91 Å². The maximum absolute atomic E-state index is 13.0. The van der Waals surface area contributed by atoms with Crippen LogP contribution in [0.3, 0.4) is 0 Å². The van der Waals surface area contributed by atoms with Crippen LogP contribution in [0.5, 0.6) is 11.5 Å². The maximum atomic E-state index is 13.0. The summed E-state index contributed by atoms with van der Waals surface area (Å²) in [4.78, 5) is 17.5. The van der Waals surface area contributed by atoms with Gasteiger partial charge < -0.3 is 14.8 Å². The van der Waals surface area contributed by atoms with E-state index in [9.17, 15) is 9.18 Å². The molecule has 7 heteroatoms. The Kier molecular flexibility index (Phi) is 6.60. The van der Waals surface area contributed by atoms with Crippen molar-refractivity contribution in [1.82, 2.24) is 4.98 Å². The Hall–Kier alpha value is -2.93. The monoisotopic (exact) mass is 400 g/mol. The molecule has 0 saturated carbocycles. The van der Waals surface area contributed by atoms with Crippen LogP contribution in [0, 0.1) is 5.82 Å². The van der Waals surface area contributed by atoms with Gasteiger partial charge in [0.25, 0.3) is 0 Å². The number of aromatic nitrogens is 1. The molecule has 2 aromatic carbocycles. The number of methoxy groups -OCH3 is 2. The predicted molar refractivity (Wildman–Crippen MR) is 108 cm³/mol. The fourth-order valence-corrected chi connectivity index (χ4v) is 3.59. The number of hydrogen-bond acceptors (Lipinski definition) is 5. The molecule has 0 saturated heterocycles. The van der Waals surface area contributed by atoms with Gasteiger partial charge in [-0.25, -0.2) is 9.37 Å². The first-order valence-electron chi connectivity index (χ1n) is 8.77. The second-order valence-electron chi connectivity index (χ2n) is 6.17. The summed E-state index contributed by atoms with van der Waals surface area (Å²) >= 11 is 1.42. The third-order valence-corrected chi connectivity index (χ3v) is 5.09. The van der Waals surface area contributed by atoms with E-state index in [0.717, 1.165) is 16.0 Å². The lowest BCUT2D eigenvalue weighted by Crippen LogP contribution is -2.12. The molecule has 0 aliphatic heterocycles. The zero-order chi connectivity index (χ0) is 19.9. The Morgan fingerprint density at radius 3 is 2.50 bits per heavy atom. The number of aryl methyl sites for hydroxylation is 1. The molecule has 0 unspecified atom stereocenters. The summed E-state index contributed by atoms with van der Waals surface area (Å²) in [5.74, 6) is 0.950. The summed E-state index contributed by atoms with van der Waals surface area (Å²) in [5.41, 5.74) is 1.99. The van der Waals surface area contributed by atoms with Gasteiger partial charge in [-0.3, -0.25) is 4.79 Å². The van der Waals surface area contributed by atoms with Gasteiger partial charge in [-0.2, -0.15) is 0 Å². The largest absolute Gasteiger partial charge is 0.493 e. The first-order valence-corrected chi connectivity index (χ1v) is 9.59. The molecule has 0 aliphatic carbocycles. The number of carbonyl (C=O) groups excluding carboxylic acids is 1. The molecule has 0 fully saturated rings. The van der Waals surface area contributed by atoms with Gasteiger partial charge in [-0.05, 0) is 41.8 Å². The van der Waals surface area contributed by atoms with E-state index in [4.69, 9.17) is 9.47 Å². The number of amides is 1. The zero-order valence-corrected chi connectivity index (χ0v) is 16.5. The lowest BCUT2D eigenvalue weighted by molar-refractivity contribution is -0.116. The first-order chi connectivity index (χ1) is 13.6. The third kappa shape index (κ3) is 5.29. The maximum Gasteiger partial charge on any atom is 0.226 e. The van der Waals surface area contributed by atoms with Crippen molar-refractivity contribution >= 4 is 22.4 Å². The minimum atomic E-state index is -0.254. The molecule has 0 radical (unpaired) electrons. The van der Waals surface area contributed by atoms with Gasteiger partial charge in [0, 0.05) is 23.9 Å². The predicted octanol–water partition coefficient (Wildman–Crippen LogP) is 4.46. The summed E-state index contributed by atoms with van der Waals surface area (Å²) in [6.45, 7) is 0. The topological polar surface area (TPSA) is 60.5 Å². The van der Waals surface area contributed by atoms with E-state index in [1.807, 2.05) is 18.2 Å². The number of carbonyl (C=O) groups is 1. The second kappa shape index (κ2) is 9.32. The number of halogens is 1. The molecule has 1 N–H and O–H groups in total. The fourth-order valence-electron chi connectivity index (χ4n) is 2.73. The number of benzene rings is 2. The molecule has 1 heterocycles. The van der Waals surface area contributed by atoms with Crippen LogP contribution in [0.2, 0.25) is 0 Å². The Labute approximate surface area is 167 Å². The Morgan fingerprint density at radius 1 is 1.07 bits per heavy atom. The standard InChI is InChI=1S/C21H21FN2O3S/c1-26-18-9-5-15(12-19(18)27-2)6-10-20(25)24-21-23-13-17(28-21)11-14-3-7-16(22)8-4-14/h3-5,7-9,12-13H,6,10-11H2,1-2H3,(H,23,24,25). The van der Waals surface area contributed by atoms with E-state index in [1.54, 1.807) is 32.5 Å². The van der Waals surface area contributed by atoms with Crippen LogP contribution in [0.1, 0.15) is 22.4 Å². The number of nitrogens with one attached hydrogen (secondary N) is 1. The van der Waals surface area contributed by atoms with Gasteiger partial charge in [-0.1, -0.05) is 18.2 Å². The highest BCUT2D eigenvalue weighted by molar-refractivity contribution is 7.15. The quantitative estimate of drug-likeness (QED) is 0.606. The Bertz CT molecular complexity index is 941. The number of nitrogens with zero attached hydrogens (tertiary/aromatic N) is 1. The molecule has 5 nitrogen and oxygen atoms in total. The van der Waals surface area contributed by atoms with Crippen molar-refractivity contribution in [1.29, 1.82) is 0 Å². The first kappa shape index (κ1) is 19.8. The van der Waals surface area contributed by atoms with Crippen molar-refractivity contribution in [2.24, 2.45) is 0 Å². The van der Waals surface area contributed by atoms with Crippen molar-refractivity contribution in [3.05, 3.63) is 70.5 Å². The normalized spacial score (nSPS) is 10.5. The van der Waals surface area contributed by atoms with Gasteiger partial charge >= 0.3 is 0 Å². The van der Waals surface area contributed by atoms with Crippen LogP contribution >= 0.6 is 11.3 Å². The molecule has 146 valence electrons. The van der Waals surface area contributed by atoms with Crippen molar-refractivity contribution in [3.8, 4) is 11.5 Å². The molecular formula is C21H21FN2O3S. The minimum absolute atomic E-state index is 0.0996. The molecular weight excluding hydrogens is 379 g/mol. The van der Waals surface area contributed by atoms with Gasteiger partial charge in [-0.15, -0.1) is 11.3 Å². The van der Waals surface area contributed by atoms with E-state index in [1.165, 1.54) is 23.5 Å². The molecule has 0 aliphatic rings. The van der Waals surface area contributed by atoms with Crippen LogP contribution < -0.4 is 14.8 Å². The summed E-state index contributed by atoms with van der Waals surface area (Å²) in [5, 5.41) is 3.40. The average molecular weight is 400 g/mol. The molecule has 0 spiro atoms. The Balaban J connectivity index is 1.52. The van der Waals surface area contributed by atoms with E-state index >= 15 is 0 Å². The third-order valence-electron chi connectivity index (χ3n) is 4.18. The van der Waals surface area contributed by atoms with Crippen molar-refractivity contribution in [3.63, 3.8) is 0 Å². The van der Waals surface area contributed by atoms with E-state index in [2.05, 4.69) is 10.3 Å². The highest BCUT2D eigenvalue weighted by Crippen LogP contribution is 2.28. The number of rotatable bonds is 8. The van der Waals surface area contributed by atoms with Crippen LogP contribution in [-0.4, -0.2) is 25.1 Å². The van der Waals surface area contributed by atoms with Gasteiger partial charge in [0.1, 0.15) is 5.82 Å². The lowest BCUT2D eigenvalue weighted by Gasteiger charge is -2.09. The summed E-state index contributed by atoms with van der Waals surface area (Å²) in [6, 6.07) is 12.0. The van der Waals surface area contributed by atoms with E-state index < -0.39 is 0 Å². The number of hydrogen-bond donors (Lipinski definition) is 1. The molecule has 0 atom stereocenters. The molecule has 0 bridgehead atoms. The van der Waals surface area contributed by atoms with Crippen LogP contribution in [0.4, 0.5) is 9.52 Å². The van der Waals surface area contributed by atoms with Crippen molar-refractivity contribution in [2.45, 2.75) is 19.3 Å². The second-order valence-corrected chi connectivity index (χ2v) is 7.29. The average Bonchev–Trinajstić information content (AvgIpc) is 3.14. The van der Waals surface area contributed by atoms with Crippen LogP contribution in [0.15, 0.2) is 48.7 Å². The molecule has 1 aromatic heterocycles.